The molecule has 152 valence electrons. The van der Waals surface area contributed by atoms with Gasteiger partial charge in [0, 0.05) is 25.2 Å². The van der Waals surface area contributed by atoms with E-state index in [-0.39, 0.29) is 37.0 Å². The number of nitrogens with two attached hydrogens (primary N) is 1. The Labute approximate surface area is 167 Å². The van der Waals surface area contributed by atoms with Gasteiger partial charge in [0.2, 0.25) is 5.91 Å². The topological polar surface area (TPSA) is 110 Å². The number of nitrogens with one attached hydrogen (secondary N) is 1. The van der Waals surface area contributed by atoms with E-state index in [0.717, 1.165) is 12.0 Å². The number of carbonyl (C=O) groups excluding carboxylic acids is 1. The summed E-state index contributed by atoms with van der Waals surface area (Å²) in [6.07, 6.45) is 1.61. The first kappa shape index (κ1) is 21.7. The van der Waals surface area contributed by atoms with Gasteiger partial charge in [-0.1, -0.05) is 37.1 Å². The zero-order valence-corrected chi connectivity index (χ0v) is 16.8. The number of aromatic amines is 1. The molecule has 0 bridgehead atoms. The van der Waals surface area contributed by atoms with Gasteiger partial charge in [0.1, 0.15) is 5.82 Å². The number of halogens is 1. The van der Waals surface area contributed by atoms with Gasteiger partial charge in [0.25, 0.3) is 5.56 Å². The normalized spacial score (nSPS) is 10.8. The molecule has 0 spiro atoms. The molecule has 3 N–H and O–H groups in total. The maximum absolute atomic E-state index is 13.0. The third kappa shape index (κ3) is 5.24. The van der Waals surface area contributed by atoms with Gasteiger partial charge in [0.05, 0.1) is 13.0 Å². The van der Waals surface area contributed by atoms with Crippen molar-refractivity contribution in [1.29, 1.82) is 0 Å². The van der Waals surface area contributed by atoms with Crippen molar-refractivity contribution < 1.29 is 9.53 Å². The summed E-state index contributed by atoms with van der Waals surface area (Å²) in [4.78, 5) is 41.1. The van der Waals surface area contributed by atoms with Gasteiger partial charge in [-0.2, -0.15) is 0 Å². The van der Waals surface area contributed by atoms with E-state index in [0.29, 0.717) is 18.0 Å². The summed E-state index contributed by atoms with van der Waals surface area (Å²) in [6, 6.07) is 6.86. The Balaban J connectivity index is 2.43. The van der Waals surface area contributed by atoms with E-state index in [1.54, 1.807) is 24.3 Å². The fraction of sp³-hybridized carbons (Fsp3) is 0.421. The van der Waals surface area contributed by atoms with E-state index >= 15 is 0 Å². The summed E-state index contributed by atoms with van der Waals surface area (Å²) in [5, 5.41) is 0.566. The number of amides is 1. The van der Waals surface area contributed by atoms with Crippen LogP contribution in [-0.2, 0) is 22.5 Å². The van der Waals surface area contributed by atoms with Gasteiger partial charge in [-0.25, -0.2) is 4.79 Å². The lowest BCUT2D eigenvalue weighted by Gasteiger charge is -2.24. The van der Waals surface area contributed by atoms with Crippen LogP contribution in [0, 0.1) is 0 Å². The molecule has 1 aromatic carbocycles. The summed E-state index contributed by atoms with van der Waals surface area (Å²) in [5.74, 6) is -0.361. The first-order valence-corrected chi connectivity index (χ1v) is 9.43. The number of nitrogen functional groups attached to an aromatic ring is 1. The zero-order valence-electron chi connectivity index (χ0n) is 16.0. The van der Waals surface area contributed by atoms with Crippen LogP contribution >= 0.6 is 11.6 Å². The average Bonchev–Trinajstić information content (AvgIpc) is 2.65. The number of rotatable bonds is 9. The van der Waals surface area contributed by atoms with Crippen LogP contribution in [0.25, 0.3) is 0 Å². The van der Waals surface area contributed by atoms with Gasteiger partial charge >= 0.3 is 5.69 Å². The molecule has 2 rings (SSSR count). The molecule has 0 unspecified atom stereocenters. The Hall–Kier alpha value is -2.58. The van der Waals surface area contributed by atoms with Crippen molar-refractivity contribution in [3.8, 4) is 0 Å². The minimum absolute atomic E-state index is 0.0252. The molecule has 1 amide bonds. The maximum atomic E-state index is 13.0. The second kappa shape index (κ2) is 10.1. The van der Waals surface area contributed by atoms with Crippen LogP contribution in [0.2, 0.25) is 5.02 Å². The van der Waals surface area contributed by atoms with Gasteiger partial charge in [-0.15, -0.1) is 0 Å². The maximum Gasteiger partial charge on any atom is 0.330 e. The Bertz CT molecular complexity index is 921. The monoisotopic (exact) mass is 408 g/mol. The lowest BCUT2D eigenvalue weighted by atomic mass is 10.1. The van der Waals surface area contributed by atoms with E-state index in [9.17, 15) is 14.4 Å². The fourth-order valence-corrected chi connectivity index (χ4v) is 2.92. The molecule has 0 saturated carbocycles. The van der Waals surface area contributed by atoms with E-state index in [2.05, 4.69) is 4.98 Å². The molecule has 0 aliphatic heterocycles. The first-order chi connectivity index (χ1) is 13.4. The van der Waals surface area contributed by atoms with E-state index in [1.165, 1.54) is 16.6 Å². The van der Waals surface area contributed by atoms with Crippen LogP contribution in [0.4, 0.5) is 11.5 Å². The number of unbranched alkanes of at least 4 members (excludes halogenated alkanes) is 1. The van der Waals surface area contributed by atoms with E-state index in [4.69, 9.17) is 22.1 Å². The summed E-state index contributed by atoms with van der Waals surface area (Å²) in [6.45, 7) is 2.67. The van der Waals surface area contributed by atoms with Crippen molar-refractivity contribution in [2.75, 3.05) is 30.9 Å². The quantitative estimate of drug-likeness (QED) is 0.657. The van der Waals surface area contributed by atoms with Crippen LogP contribution in [0.5, 0.6) is 0 Å². The molecule has 0 atom stereocenters. The largest absolute Gasteiger partial charge is 0.383 e. The lowest BCUT2D eigenvalue weighted by molar-refractivity contribution is -0.118. The Kier molecular flexibility index (Phi) is 7.83. The molecule has 28 heavy (non-hydrogen) atoms. The highest BCUT2D eigenvalue weighted by atomic mass is 35.5. The van der Waals surface area contributed by atoms with Crippen LogP contribution < -0.4 is 21.9 Å². The third-order valence-electron chi connectivity index (χ3n) is 4.31. The van der Waals surface area contributed by atoms with Crippen LogP contribution in [0.15, 0.2) is 33.9 Å². The number of benzene rings is 1. The number of aromatic nitrogens is 2. The molecule has 1 heterocycles. The predicted molar refractivity (Wildman–Crippen MR) is 110 cm³/mol. The molecule has 9 heteroatoms. The highest BCUT2D eigenvalue weighted by Crippen LogP contribution is 2.19. The van der Waals surface area contributed by atoms with Crippen molar-refractivity contribution in [2.24, 2.45) is 0 Å². The van der Waals surface area contributed by atoms with Gasteiger partial charge in [0.15, 0.2) is 5.69 Å². The number of ether oxygens (including phenoxy) is 1. The molecule has 0 fully saturated rings. The van der Waals surface area contributed by atoms with Crippen LogP contribution in [0.3, 0.4) is 0 Å². The summed E-state index contributed by atoms with van der Waals surface area (Å²) in [7, 11) is 1.50. The Morgan fingerprint density at radius 3 is 2.57 bits per heavy atom. The average molecular weight is 409 g/mol. The number of H-pyrrole nitrogens is 1. The molecule has 1 aromatic heterocycles. The number of hydrogen-bond acceptors (Lipinski definition) is 5. The third-order valence-corrected chi connectivity index (χ3v) is 4.56. The van der Waals surface area contributed by atoms with Crippen molar-refractivity contribution in [3.05, 3.63) is 55.7 Å². The minimum Gasteiger partial charge on any atom is -0.383 e. The highest BCUT2D eigenvalue weighted by Gasteiger charge is 2.24. The SMILES string of the molecule is CCCCn1c(N)c(N(CCOC)C(=O)Cc2ccc(Cl)cc2)c(=O)[nH]c1=O. The molecular formula is C19H25ClN4O4. The number of hydrogen-bond donors (Lipinski definition) is 2. The second-order valence-corrected chi connectivity index (χ2v) is 6.78. The van der Waals surface area contributed by atoms with Crippen molar-refractivity contribution in [3.63, 3.8) is 0 Å². The second-order valence-electron chi connectivity index (χ2n) is 6.34. The standard InChI is InChI=1S/C19H25ClN4O4/c1-3-4-9-24-17(21)16(18(26)22-19(24)27)23(10-11-28-2)15(25)12-13-5-7-14(20)8-6-13/h5-8H,3-4,9-12,21H2,1-2H3,(H,22,26,27). The van der Waals surface area contributed by atoms with Crippen molar-refractivity contribution in [1.82, 2.24) is 9.55 Å². The summed E-state index contributed by atoms with van der Waals surface area (Å²) in [5.41, 5.74) is 5.56. The number of anilines is 2. The van der Waals surface area contributed by atoms with Crippen LogP contribution in [-0.4, -0.2) is 35.7 Å². The molecule has 0 aliphatic carbocycles. The molecule has 0 aliphatic rings. The number of methoxy groups -OCH3 is 1. The first-order valence-electron chi connectivity index (χ1n) is 9.05. The molecular weight excluding hydrogens is 384 g/mol. The summed E-state index contributed by atoms with van der Waals surface area (Å²) >= 11 is 5.88. The lowest BCUT2D eigenvalue weighted by Crippen LogP contribution is -2.43. The van der Waals surface area contributed by atoms with Crippen molar-refractivity contribution in [2.45, 2.75) is 32.7 Å². The van der Waals surface area contributed by atoms with Gasteiger partial charge in [-0.3, -0.25) is 19.1 Å². The van der Waals surface area contributed by atoms with E-state index < -0.39 is 11.2 Å². The molecule has 0 radical (unpaired) electrons. The highest BCUT2D eigenvalue weighted by molar-refractivity contribution is 6.30. The Morgan fingerprint density at radius 1 is 1.29 bits per heavy atom. The van der Waals surface area contributed by atoms with Gasteiger partial charge < -0.3 is 15.4 Å². The minimum atomic E-state index is -0.698. The van der Waals surface area contributed by atoms with Crippen LogP contribution in [0.1, 0.15) is 25.3 Å². The molecule has 0 saturated heterocycles. The van der Waals surface area contributed by atoms with E-state index in [1.807, 2.05) is 6.92 Å². The number of nitrogens with zero attached hydrogens (tertiary/aromatic N) is 2. The predicted octanol–water partition coefficient (Wildman–Crippen LogP) is 1.79. The molecule has 2 aromatic rings. The molecule has 8 nitrogen and oxygen atoms in total. The summed E-state index contributed by atoms with van der Waals surface area (Å²) < 4.78 is 6.36. The Morgan fingerprint density at radius 2 is 1.96 bits per heavy atom. The van der Waals surface area contributed by atoms with Crippen molar-refractivity contribution >= 4 is 29.0 Å². The zero-order chi connectivity index (χ0) is 20.7. The number of carbonyl (C=O) groups is 1. The fourth-order valence-electron chi connectivity index (χ4n) is 2.79. The van der Waals surface area contributed by atoms with Gasteiger partial charge in [-0.05, 0) is 24.1 Å². The smallest absolute Gasteiger partial charge is 0.330 e.